The van der Waals surface area contributed by atoms with E-state index in [0.29, 0.717) is 12.1 Å². The standard InChI is InChI=1S/C29H32N4O2/c1-21-9-11-25(27(18-21)32-15-6-2-3-7-16-32)29(35)31-24-10-12-26-22(19-24)13-17-33(26)28(34)20-23-8-4-5-14-30-23/h4-5,8-12,14,18-19H,2-3,6-7,13,15-17,20H2,1H3,(H,31,35). The smallest absolute Gasteiger partial charge is 0.257 e. The Balaban J connectivity index is 1.31. The van der Waals surface area contributed by atoms with E-state index in [-0.39, 0.29) is 18.2 Å². The fraction of sp³-hybridized carbons (Fsp3) is 0.345. The number of hydrogen-bond donors (Lipinski definition) is 1. The van der Waals surface area contributed by atoms with Crippen LogP contribution in [-0.4, -0.2) is 36.4 Å². The Labute approximate surface area is 207 Å². The number of amides is 2. The Morgan fingerprint density at radius 2 is 1.74 bits per heavy atom. The lowest BCUT2D eigenvalue weighted by molar-refractivity contribution is -0.117. The number of fused-ring (bicyclic) bond motifs is 1. The second kappa shape index (κ2) is 10.3. The van der Waals surface area contributed by atoms with Gasteiger partial charge in [0.15, 0.2) is 0 Å². The van der Waals surface area contributed by atoms with Crippen LogP contribution in [0.25, 0.3) is 0 Å². The van der Waals surface area contributed by atoms with Gasteiger partial charge in [-0.25, -0.2) is 0 Å². The van der Waals surface area contributed by atoms with Gasteiger partial charge >= 0.3 is 0 Å². The summed E-state index contributed by atoms with van der Waals surface area (Å²) >= 11 is 0. The van der Waals surface area contributed by atoms with E-state index in [4.69, 9.17) is 0 Å². The average Bonchev–Trinajstić information content (AvgIpc) is 3.09. The van der Waals surface area contributed by atoms with Crippen LogP contribution in [0, 0.1) is 6.92 Å². The summed E-state index contributed by atoms with van der Waals surface area (Å²) in [5, 5.41) is 3.11. The third-order valence-electron chi connectivity index (χ3n) is 6.94. The molecule has 3 aromatic rings. The summed E-state index contributed by atoms with van der Waals surface area (Å²) in [6.07, 6.45) is 7.59. The topological polar surface area (TPSA) is 65.5 Å². The molecule has 35 heavy (non-hydrogen) atoms. The van der Waals surface area contributed by atoms with E-state index in [1.807, 2.05) is 53.4 Å². The molecule has 6 heteroatoms. The van der Waals surface area contributed by atoms with Crippen LogP contribution >= 0.6 is 0 Å². The monoisotopic (exact) mass is 468 g/mol. The molecule has 2 amide bonds. The average molecular weight is 469 g/mol. The van der Waals surface area contributed by atoms with E-state index in [2.05, 4.69) is 28.2 Å². The Morgan fingerprint density at radius 3 is 2.51 bits per heavy atom. The molecule has 0 bridgehead atoms. The molecule has 0 saturated carbocycles. The zero-order valence-electron chi connectivity index (χ0n) is 20.3. The Hall–Kier alpha value is -3.67. The van der Waals surface area contributed by atoms with Crippen molar-refractivity contribution in [1.82, 2.24) is 4.98 Å². The maximum atomic E-state index is 13.3. The number of aryl methyl sites for hydroxylation is 1. The van der Waals surface area contributed by atoms with Gasteiger partial charge in [-0.05, 0) is 79.8 Å². The molecule has 2 aliphatic heterocycles. The van der Waals surface area contributed by atoms with Crippen LogP contribution in [0.3, 0.4) is 0 Å². The Morgan fingerprint density at radius 1 is 0.914 bits per heavy atom. The highest BCUT2D eigenvalue weighted by Crippen LogP contribution is 2.32. The largest absolute Gasteiger partial charge is 0.371 e. The molecule has 5 rings (SSSR count). The summed E-state index contributed by atoms with van der Waals surface area (Å²) in [4.78, 5) is 34.7. The summed E-state index contributed by atoms with van der Waals surface area (Å²) < 4.78 is 0. The van der Waals surface area contributed by atoms with Gasteiger partial charge in [0.25, 0.3) is 5.91 Å². The highest BCUT2D eigenvalue weighted by molar-refractivity contribution is 6.08. The molecule has 0 spiro atoms. The van der Waals surface area contributed by atoms with Crippen LogP contribution in [0.4, 0.5) is 17.1 Å². The van der Waals surface area contributed by atoms with Crippen molar-refractivity contribution < 1.29 is 9.59 Å². The molecule has 2 aromatic carbocycles. The van der Waals surface area contributed by atoms with Gasteiger partial charge in [0.05, 0.1) is 12.0 Å². The number of carbonyl (C=O) groups is 2. The first-order valence-corrected chi connectivity index (χ1v) is 12.6. The molecular formula is C29H32N4O2. The van der Waals surface area contributed by atoms with Crippen LogP contribution < -0.4 is 15.1 Å². The summed E-state index contributed by atoms with van der Waals surface area (Å²) in [7, 11) is 0. The quantitative estimate of drug-likeness (QED) is 0.562. The number of pyridine rings is 1. The first-order valence-electron chi connectivity index (χ1n) is 12.6. The van der Waals surface area contributed by atoms with Crippen molar-refractivity contribution in [3.8, 4) is 0 Å². The minimum Gasteiger partial charge on any atom is -0.371 e. The van der Waals surface area contributed by atoms with Crippen molar-refractivity contribution in [2.45, 2.75) is 45.4 Å². The second-order valence-electron chi connectivity index (χ2n) is 9.51. The first kappa shape index (κ1) is 23.1. The molecule has 1 aromatic heterocycles. The molecule has 6 nitrogen and oxygen atoms in total. The molecule has 180 valence electrons. The van der Waals surface area contributed by atoms with Gasteiger partial charge in [-0.15, -0.1) is 0 Å². The van der Waals surface area contributed by atoms with Crippen molar-refractivity contribution in [2.75, 3.05) is 34.8 Å². The van der Waals surface area contributed by atoms with Crippen LogP contribution in [-0.2, 0) is 17.6 Å². The van der Waals surface area contributed by atoms with Crippen molar-refractivity contribution in [3.63, 3.8) is 0 Å². The molecular weight excluding hydrogens is 436 g/mol. The number of benzene rings is 2. The number of carbonyl (C=O) groups excluding carboxylic acids is 2. The SMILES string of the molecule is Cc1ccc(C(=O)Nc2ccc3c(c2)CCN3C(=O)Cc2ccccn2)c(N2CCCCCC2)c1. The molecule has 3 heterocycles. The highest BCUT2D eigenvalue weighted by Gasteiger charge is 2.26. The van der Waals surface area contributed by atoms with Gasteiger partial charge in [-0.3, -0.25) is 14.6 Å². The van der Waals surface area contributed by atoms with Crippen LogP contribution in [0.2, 0.25) is 0 Å². The fourth-order valence-corrected chi connectivity index (χ4v) is 5.10. The summed E-state index contributed by atoms with van der Waals surface area (Å²) in [6.45, 7) is 4.70. The number of aromatic nitrogens is 1. The highest BCUT2D eigenvalue weighted by atomic mass is 16.2. The third-order valence-corrected chi connectivity index (χ3v) is 6.94. The Kier molecular flexibility index (Phi) is 6.80. The van der Waals surface area contributed by atoms with Gasteiger partial charge in [0, 0.05) is 48.6 Å². The molecule has 1 saturated heterocycles. The number of nitrogens with zero attached hydrogens (tertiary/aromatic N) is 3. The molecule has 1 N–H and O–H groups in total. The molecule has 0 unspecified atom stereocenters. The van der Waals surface area contributed by atoms with Crippen molar-refractivity contribution in [2.24, 2.45) is 0 Å². The minimum absolute atomic E-state index is 0.0426. The van der Waals surface area contributed by atoms with Gasteiger partial charge in [0.1, 0.15) is 0 Å². The van der Waals surface area contributed by atoms with E-state index in [9.17, 15) is 9.59 Å². The summed E-state index contributed by atoms with van der Waals surface area (Å²) in [5.74, 6) is -0.0498. The zero-order valence-corrected chi connectivity index (χ0v) is 20.3. The molecule has 0 aliphatic carbocycles. The van der Waals surface area contributed by atoms with Gasteiger partial charge in [-0.1, -0.05) is 25.0 Å². The summed E-state index contributed by atoms with van der Waals surface area (Å²) in [5.41, 5.74) is 6.43. The lowest BCUT2D eigenvalue weighted by Gasteiger charge is -2.25. The van der Waals surface area contributed by atoms with Gasteiger partial charge < -0.3 is 15.1 Å². The third kappa shape index (κ3) is 5.21. The van der Waals surface area contributed by atoms with E-state index in [0.717, 1.165) is 66.2 Å². The van der Waals surface area contributed by atoms with E-state index in [1.54, 1.807) is 6.20 Å². The lowest BCUT2D eigenvalue weighted by Crippen LogP contribution is -2.30. The normalized spacial score (nSPS) is 15.5. The number of hydrogen-bond acceptors (Lipinski definition) is 4. The van der Waals surface area contributed by atoms with E-state index < -0.39 is 0 Å². The van der Waals surface area contributed by atoms with E-state index in [1.165, 1.54) is 12.8 Å². The Bertz CT molecular complexity index is 1220. The van der Waals surface area contributed by atoms with Crippen molar-refractivity contribution in [1.29, 1.82) is 0 Å². The van der Waals surface area contributed by atoms with Crippen molar-refractivity contribution >= 4 is 28.9 Å². The van der Waals surface area contributed by atoms with Crippen LogP contribution in [0.5, 0.6) is 0 Å². The van der Waals surface area contributed by atoms with Gasteiger partial charge in [0.2, 0.25) is 5.91 Å². The van der Waals surface area contributed by atoms with Crippen molar-refractivity contribution in [3.05, 3.63) is 83.2 Å². The zero-order chi connectivity index (χ0) is 24.2. The fourth-order valence-electron chi connectivity index (χ4n) is 5.10. The number of anilines is 3. The molecule has 1 fully saturated rings. The maximum absolute atomic E-state index is 13.3. The molecule has 0 radical (unpaired) electrons. The van der Waals surface area contributed by atoms with Gasteiger partial charge in [-0.2, -0.15) is 0 Å². The first-order chi connectivity index (χ1) is 17.1. The minimum atomic E-state index is -0.0923. The lowest BCUT2D eigenvalue weighted by atomic mass is 10.1. The number of nitrogens with one attached hydrogen (secondary N) is 1. The van der Waals surface area contributed by atoms with E-state index >= 15 is 0 Å². The predicted molar refractivity (Wildman–Crippen MR) is 140 cm³/mol. The maximum Gasteiger partial charge on any atom is 0.257 e. The second-order valence-corrected chi connectivity index (χ2v) is 9.51. The van der Waals surface area contributed by atoms with Crippen LogP contribution in [0.1, 0.15) is 52.9 Å². The number of rotatable bonds is 5. The molecule has 2 aliphatic rings. The van der Waals surface area contributed by atoms with Crippen LogP contribution in [0.15, 0.2) is 60.8 Å². The summed E-state index contributed by atoms with van der Waals surface area (Å²) in [6, 6.07) is 17.5. The predicted octanol–water partition coefficient (Wildman–Crippen LogP) is 5.15. The molecule has 0 atom stereocenters.